The summed E-state index contributed by atoms with van der Waals surface area (Å²) in [5, 5.41) is 0.484. The third kappa shape index (κ3) is 5.91. The van der Waals surface area contributed by atoms with Crippen LogP contribution in [-0.2, 0) is 23.1 Å². The summed E-state index contributed by atoms with van der Waals surface area (Å²) < 4.78 is 29.8. The summed E-state index contributed by atoms with van der Waals surface area (Å²) in [6.45, 7) is 0.888. The van der Waals surface area contributed by atoms with Crippen molar-refractivity contribution in [3.8, 4) is 0 Å². The monoisotopic (exact) mass is 626 g/mol. The lowest BCUT2D eigenvalue weighted by Crippen LogP contribution is -2.39. The van der Waals surface area contributed by atoms with Gasteiger partial charge in [0.05, 0.1) is 32.7 Å². The van der Waals surface area contributed by atoms with Crippen molar-refractivity contribution in [3.63, 3.8) is 0 Å². The van der Waals surface area contributed by atoms with Gasteiger partial charge in [0.1, 0.15) is 0 Å². The highest BCUT2D eigenvalue weighted by Crippen LogP contribution is 2.36. The second-order valence-electron chi connectivity index (χ2n) is 10.4. The Hall–Kier alpha value is -4.10. The molecule has 0 saturated carbocycles. The number of nitrogens with zero attached hydrogens (tertiary/aromatic N) is 2. The van der Waals surface area contributed by atoms with Crippen molar-refractivity contribution in [1.82, 2.24) is 4.90 Å². The van der Waals surface area contributed by atoms with Crippen LogP contribution in [-0.4, -0.2) is 25.8 Å². The molecule has 0 fully saturated rings. The van der Waals surface area contributed by atoms with Crippen LogP contribution in [0.4, 0.5) is 5.69 Å². The van der Waals surface area contributed by atoms with Gasteiger partial charge in [0.25, 0.3) is 15.9 Å². The van der Waals surface area contributed by atoms with Crippen molar-refractivity contribution in [3.05, 3.63) is 165 Å². The molecule has 5 nitrogen and oxygen atoms in total. The molecule has 0 aromatic heterocycles. The average Bonchev–Trinajstić information content (AvgIpc) is 3.04. The Balaban J connectivity index is 1.37. The number of sulfonamides is 1. The summed E-state index contributed by atoms with van der Waals surface area (Å²) in [6, 6.07) is 38.6. The van der Waals surface area contributed by atoms with E-state index in [0.717, 1.165) is 16.7 Å². The molecule has 0 bridgehead atoms. The van der Waals surface area contributed by atoms with Crippen LogP contribution in [0.3, 0.4) is 0 Å². The van der Waals surface area contributed by atoms with E-state index in [4.69, 9.17) is 23.2 Å². The van der Waals surface area contributed by atoms with E-state index >= 15 is 0 Å². The second-order valence-corrected chi connectivity index (χ2v) is 13.1. The zero-order valence-corrected chi connectivity index (χ0v) is 25.4. The summed E-state index contributed by atoms with van der Waals surface area (Å²) in [5.74, 6) is -0.354. The lowest BCUT2D eigenvalue weighted by atomic mass is 9.84. The minimum absolute atomic E-state index is 0.0256. The van der Waals surface area contributed by atoms with Gasteiger partial charge in [0.15, 0.2) is 0 Å². The first-order valence-electron chi connectivity index (χ1n) is 13.9. The van der Waals surface area contributed by atoms with E-state index in [9.17, 15) is 13.2 Å². The predicted molar refractivity (Wildman–Crippen MR) is 172 cm³/mol. The minimum atomic E-state index is -4.16. The van der Waals surface area contributed by atoms with Gasteiger partial charge in [-0.05, 0) is 52.6 Å². The molecule has 1 heterocycles. The fourth-order valence-electron chi connectivity index (χ4n) is 5.56. The number of hydrogen-bond donors (Lipinski definition) is 0. The van der Waals surface area contributed by atoms with Crippen molar-refractivity contribution in [1.29, 1.82) is 0 Å². The molecule has 0 N–H and O–H groups in total. The molecule has 5 aromatic rings. The first-order valence-corrected chi connectivity index (χ1v) is 16.1. The molecule has 5 aromatic carbocycles. The summed E-state index contributed by atoms with van der Waals surface area (Å²) in [6.07, 6.45) is 0. The summed E-state index contributed by atoms with van der Waals surface area (Å²) in [5.41, 5.74) is 4.59. The molecule has 1 unspecified atom stereocenters. The number of benzene rings is 5. The van der Waals surface area contributed by atoms with E-state index in [1.54, 1.807) is 29.2 Å². The minimum Gasteiger partial charge on any atom is -0.333 e. The SMILES string of the molecule is O=C(c1cc(S(=O)(=O)N(Cc2ccccc2)c2ccccc2Cl)ccc1Cl)N1Cc2ccccc2C(c2ccccc2)C1. The Bertz CT molecular complexity index is 1880. The van der Waals surface area contributed by atoms with E-state index in [1.807, 2.05) is 66.7 Å². The first-order chi connectivity index (χ1) is 20.8. The van der Waals surface area contributed by atoms with Crippen molar-refractivity contribution >= 4 is 44.8 Å². The van der Waals surface area contributed by atoms with Crippen LogP contribution < -0.4 is 4.31 Å². The largest absolute Gasteiger partial charge is 0.333 e. The number of hydrogen-bond acceptors (Lipinski definition) is 3. The number of fused-ring (bicyclic) bond motifs is 1. The zero-order valence-electron chi connectivity index (χ0n) is 23.1. The van der Waals surface area contributed by atoms with Crippen LogP contribution in [0, 0.1) is 0 Å². The Morgan fingerprint density at radius 3 is 2.16 bits per heavy atom. The summed E-state index contributed by atoms with van der Waals surface area (Å²) >= 11 is 13.1. The van der Waals surface area contributed by atoms with E-state index in [1.165, 1.54) is 28.1 Å². The third-order valence-electron chi connectivity index (χ3n) is 7.73. The Morgan fingerprint density at radius 1 is 0.767 bits per heavy atom. The van der Waals surface area contributed by atoms with Crippen molar-refractivity contribution < 1.29 is 13.2 Å². The maximum Gasteiger partial charge on any atom is 0.264 e. The zero-order chi connectivity index (χ0) is 30.0. The molecule has 1 atom stereocenters. The lowest BCUT2D eigenvalue weighted by Gasteiger charge is -2.35. The maximum absolute atomic E-state index is 14.3. The van der Waals surface area contributed by atoms with Gasteiger partial charge in [-0.15, -0.1) is 0 Å². The lowest BCUT2D eigenvalue weighted by molar-refractivity contribution is 0.0725. The molecule has 6 rings (SSSR count). The van der Waals surface area contributed by atoms with Crippen molar-refractivity contribution in [2.45, 2.75) is 23.9 Å². The van der Waals surface area contributed by atoms with Gasteiger partial charge in [-0.25, -0.2) is 8.42 Å². The van der Waals surface area contributed by atoms with E-state index in [2.05, 4.69) is 18.2 Å². The van der Waals surface area contributed by atoms with Gasteiger partial charge in [-0.2, -0.15) is 0 Å². The number of para-hydroxylation sites is 1. The highest BCUT2D eigenvalue weighted by atomic mass is 35.5. The van der Waals surface area contributed by atoms with Crippen molar-refractivity contribution in [2.24, 2.45) is 0 Å². The van der Waals surface area contributed by atoms with E-state index in [0.29, 0.717) is 23.8 Å². The van der Waals surface area contributed by atoms with Gasteiger partial charge in [0, 0.05) is 19.0 Å². The molecule has 1 aliphatic heterocycles. The van der Waals surface area contributed by atoms with Crippen LogP contribution in [0.2, 0.25) is 10.0 Å². The molecular formula is C35H28Cl2N2O3S. The molecule has 216 valence electrons. The smallest absolute Gasteiger partial charge is 0.264 e. The maximum atomic E-state index is 14.3. The molecule has 1 aliphatic rings. The first kappa shape index (κ1) is 29.0. The van der Waals surface area contributed by atoms with Crippen LogP contribution >= 0.6 is 23.2 Å². The molecule has 0 spiro atoms. The number of carbonyl (C=O) groups is 1. The third-order valence-corrected chi connectivity index (χ3v) is 10.1. The quantitative estimate of drug-likeness (QED) is 0.183. The van der Waals surface area contributed by atoms with E-state index < -0.39 is 10.0 Å². The molecule has 1 amide bonds. The normalized spacial score (nSPS) is 14.7. The summed E-state index contributed by atoms with van der Waals surface area (Å²) in [4.78, 5) is 15.8. The van der Waals surface area contributed by atoms with Crippen LogP contribution in [0.25, 0.3) is 0 Å². The summed E-state index contributed by atoms with van der Waals surface area (Å²) in [7, 11) is -4.16. The standard InChI is InChI=1S/C35H28Cl2N2O3S/c36-32-20-19-28(43(41,42)39(22-25-11-3-1-4-12-25)34-18-10-9-17-33(34)37)21-30(32)35(40)38-23-27-15-7-8-16-29(27)31(24-38)26-13-5-2-6-14-26/h1-21,31H,22-24H2. The molecule has 0 radical (unpaired) electrons. The van der Waals surface area contributed by atoms with Gasteiger partial charge in [0.2, 0.25) is 0 Å². The number of amides is 1. The second kappa shape index (κ2) is 12.3. The van der Waals surface area contributed by atoms with Gasteiger partial charge in [-0.1, -0.05) is 120 Å². The fraction of sp³-hybridized carbons (Fsp3) is 0.114. The highest BCUT2D eigenvalue weighted by molar-refractivity contribution is 7.92. The van der Waals surface area contributed by atoms with Gasteiger partial charge < -0.3 is 4.90 Å². The van der Waals surface area contributed by atoms with Crippen LogP contribution in [0.5, 0.6) is 0 Å². The van der Waals surface area contributed by atoms with Gasteiger partial charge >= 0.3 is 0 Å². The Labute approximate surface area is 262 Å². The Kier molecular flexibility index (Phi) is 8.26. The van der Waals surface area contributed by atoms with Crippen LogP contribution in [0.15, 0.2) is 132 Å². The molecule has 43 heavy (non-hydrogen) atoms. The Morgan fingerprint density at radius 2 is 1.42 bits per heavy atom. The molecule has 8 heteroatoms. The number of anilines is 1. The van der Waals surface area contributed by atoms with Crippen molar-refractivity contribution in [2.75, 3.05) is 10.8 Å². The van der Waals surface area contributed by atoms with Crippen LogP contribution in [0.1, 0.15) is 38.5 Å². The fourth-order valence-corrected chi connectivity index (χ4v) is 7.55. The topological polar surface area (TPSA) is 57.7 Å². The molecule has 0 aliphatic carbocycles. The molecular weight excluding hydrogens is 599 g/mol. The average molecular weight is 628 g/mol. The molecule has 0 saturated heterocycles. The number of carbonyl (C=O) groups excluding carboxylic acids is 1. The predicted octanol–water partition coefficient (Wildman–Crippen LogP) is 8.18. The van der Waals surface area contributed by atoms with E-state index in [-0.39, 0.29) is 33.9 Å². The number of rotatable bonds is 7. The van der Waals surface area contributed by atoms with Gasteiger partial charge in [-0.3, -0.25) is 9.10 Å². The number of halogens is 2. The highest BCUT2D eigenvalue weighted by Gasteiger charge is 2.32.